The molecule has 6 heteroatoms. The Labute approximate surface area is 115 Å². The number of halogens is 1. The summed E-state index contributed by atoms with van der Waals surface area (Å²) < 4.78 is 0. The van der Waals surface area contributed by atoms with Gasteiger partial charge in [0, 0.05) is 18.3 Å². The van der Waals surface area contributed by atoms with Gasteiger partial charge in [0.15, 0.2) is 0 Å². The van der Waals surface area contributed by atoms with Crippen molar-refractivity contribution in [3.05, 3.63) is 47.2 Å². The molecular weight excluding hydrogens is 264 g/mol. The number of nitrogens with two attached hydrogens (primary N) is 1. The number of carbonyl (C=O) groups excluding carboxylic acids is 1. The SMILES string of the molecule is Nc1cccc(CCC(=O)Nc2nccc(Cl)n2)c1. The maximum absolute atomic E-state index is 11.7. The van der Waals surface area contributed by atoms with Gasteiger partial charge in [0.25, 0.3) is 0 Å². The second-order valence-corrected chi connectivity index (χ2v) is 4.38. The van der Waals surface area contributed by atoms with Crippen LogP contribution < -0.4 is 11.1 Å². The first-order chi connectivity index (χ1) is 9.13. The van der Waals surface area contributed by atoms with Crippen LogP contribution in [0, 0.1) is 0 Å². The summed E-state index contributed by atoms with van der Waals surface area (Å²) in [6.45, 7) is 0. The zero-order chi connectivity index (χ0) is 13.7. The number of carbonyl (C=O) groups is 1. The number of benzene rings is 1. The third kappa shape index (κ3) is 4.22. The summed E-state index contributed by atoms with van der Waals surface area (Å²) in [5, 5.41) is 2.88. The van der Waals surface area contributed by atoms with Crippen LogP contribution in [0.3, 0.4) is 0 Å². The van der Waals surface area contributed by atoms with Crippen molar-refractivity contribution >= 4 is 29.1 Å². The number of rotatable bonds is 4. The highest BCUT2D eigenvalue weighted by Gasteiger charge is 2.05. The smallest absolute Gasteiger partial charge is 0.230 e. The molecule has 0 aliphatic rings. The molecule has 1 amide bonds. The summed E-state index contributed by atoms with van der Waals surface area (Å²) in [4.78, 5) is 19.5. The normalized spacial score (nSPS) is 10.2. The Morgan fingerprint density at radius 2 is 2.21 bits per heavy atom. The maximum Gasteiger partial charge on any atom is 0.230 e. The van der Waals surface area contributed by atoms with Gasteiger partial charge in [-0.1, -0.05) is 23.7 Å². The van der Waals surface area contributed by atoms with Crippen LogP contribution in [0.2, 0.25) is 5.15 Å². The van der Waals surface area contributed by atoms with Crippen LogP contribution in [0.5, 0.6) is 0 Å². The molecule has 0 bridgehead atoms. The van der Waals surface area contributed by atoms with Crippen LogP contribution in [0.25, 0.3) is 0 Å². The third-order valence-electron chi connectivity index (χ3n) is 2.46. The molecule has 0 saturated heterocycles. The zero-order valence-corrected chi connectivity index (χ0v) is 10.9. The lowest BCUT2D eigenvalue weighted by atomic mass is 10.1. The Hall–Kier alpha value is -2.14. The van der Waals surface area contributed by atoms with Crippen molar-refractivity contribution in [3.8, 4) is 0 Å². The fourth-order valence-electron chi connectivity index (χ4n) is 1.59. The summed E-state index contributed by atoms with van der Waals surface area (Å²) >= 11 is 5.70. The molecule has 98 valence electrons. The Balaban J connectivity index is 1.88. The lowest BCUT2D eigenvalue weighted by molar-refractivity contribution is -0.116. The van der Waals surface area contributed by atoms with E-state index in [1.54, 1.807) is 6.07 Å². The predicted molar refractivity (Wildman–Crippen MR) is 74.8 cm³/mol. The molecule has 2 aromatic rings. The molecule has 1 aromatic carbocycles. The predicted octanol–water partition coefficient (Wildman–Crippen LogP) is 2.28. The number of nitrogens with zero attached hydrogens (tertiary/aromatic N) is 2. The van der Waals surface area contributed by atoms with E-state index in [4.69, 9.17) is 17.3 Å². The van der Waals surface area contributed by atoms with E-state index in [0.29, 0.717) is 23.7 Å². The first-order valence-corrected chi connectivity index (χ1v) is 6.14. The molecule has 0 fully saturated rings. The second kappa shape index (κ2) is 6.15. The van der Waals surface area contributed by atoms with Gasteiger partial charge in [-0.2, -0.15) is 0 Å². The summed E-state index contributed by atoms with van der Waals surface area (Å²) in [7, 11) is 0. The van der Waals surface area contributed by atoms with Crippen LogP contribution in [-0.4, -0.2) is 15.9 Å². The van der Waals surface area contributed by atoms with E-state index in [0.717, 1.165) is 5.56 Å². The van der Waals surface area contributed by atoms with E-state index in [1.165, 1.54) is 6.20 Å². The van der Waals surface area contributed by atoms with Crippen molar-refractivity contribution in [3.63, 3.8) is 0 Å². The molecule has 2 rings (SSSR count). The van der Waals surface area contributed by atoms with E-state index in [1.807, 2.05) is 24.3 Å². The number of aryl methyl sites for hydroxylation is 1. The number of amides is 1. The minimum atomic E-state index is -0.162. The van der Waals surface area contributed by atoms with Gasteiger partial charge in [-0.3, -0.25) is 10.1 Å². The molecule has 0 atom stereocenters. The lowest BCUT2D eigenvalue weighted by Crippen LogP contribution is -2.14. The van der Waals surface area contributed by atoms with E-state index >= 15 is 0 Å². The quantitative estimate of drug-likeness (QED) is 0.663. The zero-order valence-electron chi connectivity index (χ0n) is 10.1. The van der Waals surface area contributed by atoms with E-state index < -0.39 is 0 Å². The minimum absolute atomic E-state index is 0.162. The van der Waals surface area contributed by atoms with Crippen LogP contribution in [0.4, 0.5) is 11.6 Å². The van der Waals surface area contributed by atoms with Crippen LogP contribution in [-0.2, 0) is 11.2 Å². The van der Waals surface area contributed by atoms with E-state index in [9.17, 15) is 4.79 Å². The average Bonchev–Trinajstić information content (AvgIpc) is 2.36. The van der Waals surface area contributed by atoms with Gasteiger partial charge in [-0.15, -0.1) is 0 Å². The highest BCUT2D eigenvalue weighted by Crippen LogP contribution is 2.10. The van der Waals surface area contributed by atoms with Crippen LogP contribution >= 0.6 is 11.6 Å². The average molecular weight is 277 g/mol. The number of anilines is 2. The Kier molecular flexibility index (Phi) is 4.30. The minimum Gasteiger partial charge on any atom is -0.399 e. The molecule has 5 nitrogen and oxygen atoms in total. The van der Waals surface area contributed by atoms with Crippen molar-refractivity contribution in [2.24, 2.45) is 0 Å². The largest absolute Gasteiger partial charge is 0.399 e. The van der Waals surface area contributed by atoms with E-state index in [-0.39, 0.29) is 11.9 Å². The number of aromatic nitrogens is 2. The molecule has 0 unspecified atom stereocenters. The molecule has 19 heavy (non-hydrogen) atoms. The highest BCUT2D eigenvalue weighted by molar-refractivity contribution is 6.29. The standard InChI is InChI=1S/C13H13ClN4O/c14-11-6-7-16-13(17-11)18-12(19)5-4-9-2-1-3-10(15)8-9/h1-3,6-8H,4-5,15H2,(H,16,17,18,19). The number of nitrogens with one attached hydrogen (secondary N) is 1. The van der Waals surface area contributed by atoms with Crippen molar-refractivity contribution in [1.29, 1.82) is 0 Å². The summed E-state index contributed by atoms with van der Waals surface area (Å²) in [6.07, 6.45) is 2.43. The van der Waals surface area contributed by atoms with Crippen molar-refractivity contribution in [2.75, 3.05) is 11.1 Å². The first-order valence-electron chi connectivity index (χ1n) is 5.76. The van der Waals surface area contributed by atoms with Gasteiger partial charge in [0.05, 0.1) is 0 Å². The van der Waals surface area contributed by atoms with Crippen LogP contribution in [0.1, 0.15) is 12.0 Å². The lowest BCUT2D eigenvalue weighted by Gasteiger charge is -2.04. The monoisotopic (exact) mass is 276 g/mol. The van der Waals surface area contributed by atoms with Gasteiger partial charge < -0.3 is 5.73 Å². The molecular formula is C13H13ClN4O. The molecule has 0 radical (unpaired) electrons. The Morgan fingerprint density at radius 1 is 1.37 bits per heavy atom. The molecule has 0 saturated carbocycles. The maximum atomic E-state index is 11.7. The Bertz CT molecular complexity index is 588. The number of hydrogen-bond acceptors (Lipinski definition) is 4. The first kappa shape index (κ1) is 13.3. The molecule has 1 aromatic heterocycles. The highest BCUT2D eigenvalue weighted by atomic mass is 35.5. The third-order valence-corrected chi connectivity index (χ3v) is 2.68. The van der Waals surface area contributed by atoms with Crippen molar-refractivity contribution in [1.82, 2.24) is 9.97 Å². The van der Waals surface area contributed by atoms with Crippen molar-refractivity contribution in [2.45, 2.75) is 12.8 Å². The van der Waals surface area contributed by atoms with Gasteiger partial charge >= 0.3 is 0 Å². The number of nitrogen functional groups attached to an aromatic ring is 1. The Morgan fingerprint density at radius 3 is 2.95 bits per heavy atom. The molecule has 0 aliphatic heterocycles. The second-order valence-electron chi connectivity index (χ2n) is 4.00. The molecule has 3 N–H and O–H groups in total. The molecule has 0 aliphatic carbocycles. The summed E-state index contributed by atoms with van der Waals surface area (Å²) in [5.41, 5.74) is 7.38. The molecule has 0 spiro atoms. The van der Waals surface area contributed by atoms with Crippen LogP contribution in [0.15, 0.2) is 36.5 Å². The van der Waals surface area contributed by atoms with Gasteiger partial charge in [0.1, 0.15) is 5.15 Å². The van der Waals surface area contributed by atoms with Gasteiger partial charge in [-0.25, -0.2) is 9.97 Å². The molecule has 1 heterocycles. The van der Waals surface area contributed by atoms with Crippen molar-refractivity contribution < 1.29 is 4.79 Å². The summed E-state index contributed by atoms with van der Waals surface area (Å²) in [5.74, 6) is 0.0507. The fraction of sp³-hybridized carbons (Fsp3) is 0.154. The van der Waals surface area contributed by atoms with E-state index in [2.05, 4.69) is 15.3 Å². The van der Waals surface area contributed by atoms with Gasteiger partial charge in [-0.05, 0) is 30.2 Å². The summed E-state index contributed by atoms with van der Waals surface area (Å²) in [6, 6.07) is 9.00. The topological polar surface area (TPSA) is 80.9 Å². The fourth-order valence-corrected chi connectivity index (χ4v) is 1.73. The number of hydrogen-bond donors (Lipinski definition) is 2. The van der Waals surface area contributed by atoms with Gasteiger partial charge in [0.2, 0.25) is 11.9 Å².